The lowest BCUT2D eigenvalue weighted by atomic mass is 10.2. The van der Waals surface area contributed by atoms with E-state index in [1.807, 2.05) is 22.6 Å². The third kappa shape index (κ3) is 3.21. The van der Waals surface area contributed by atoms with Crippen molar-refractivity contribution >= 4 is 40.5 Å². The van der Waals surface area contributed by atoms with Crippen LogP contribution >= 0.6 is 34.2 Å². The fourth-order valence-corrected chi connectivity index (χ4v) is 2.10. The van der Waals surface area contributed by atoms with Crippen molar-refractivity contribution in [3.8, 4) is 5.88 Å². The summed E-state index contributed by atoms with van der Waals surface area (Å²) in [4.78, 5) is 14.1. The molecule has 0 spiro atoms. The van der Waals surface area contributed by atoms with Gasteiger partial charge in [-0.2, -0.15) is 0 Å². The van der Waals surface area contributed by atoms with E-state index < -0.39 is 12.2 Å². The number of hydrogen-bond donors (Lipinski definition) is 0. The highest BCUT2D eigenvalue weighted by molar-refractivity contribution is 14.1. The maximum atomic E-state index is 12.0. The largest absolute Gasteiger partial charge is 0.574 e. The molecule has 0 fully saturated rings. The Hall–Kier alpha value is -0.570. The Morgan fingerprint density at radius 2 is 2.19 bits per heavy atom. The molecule has 0 saturated heterocycles. The summed E-state index contributed by atoms with van der Waals surface area (Å²) in [5.41, 5.74) is -0.00857. The summed E-state index contributed by atoms with van der Waals surface area (Å²) in [6.45, 7) is 0. The van der Waals surface area contributed by atoms with Gasteiger partial charge in [0.15, 0.2) is 6.29 Å². The van der Waals surface area contributed by atoms with E-state index in [0.29, 0.717) is 3.57 Å². The number of aromatic nitrogens is 1. The molecule has 1 aromatic rings. The van der Waals surface area contributed by atoms with E-state index in [2.05, 4.69) is 9.72 Å². The Kier molecular flexibility index (Phi) is 4.36. The second-order valence-electron chi connectivity index (χ2n) is 2.60. The monoisotopic (exact) mass is 365 g/mol. The van der Waals surface area contributed by atoms with Gasteiger partial charge in [0.25, 0.3) is 0 Å². The molecule has 0 saturated carbocycles. The van der Waals surface area contributed by atoms with Gasteiger partial charge in [0, 0.05) is 15.6 Å². The first-order valence-corrected chi connectivity index (χ1v) is 5.44. The molecule has 1 heterocycles. The van der Waals surface area contributed by atoms with Crippen LogP contribution in [0.2, 0.25) is 0 Å². The normalized spacial score (nSPS) is 11.3. The minimum atomic E-state index is -4.89. The van der Waals surface area contributed by atoms with E-state index in [1.165, 1.54) is 0 Å². The summed E-state index contributed by atoms with van der Waals surface area (Å²) < 4.78 is 40.1. The van der Waals surface area contributed by atoms with Crippen molar-refractivity contribution in [2.45, 2.75) is 12.2 Å². The fraction of sp³-hybridized carbons (Fsp3) is 0.250. The lowest BCUT2D eigenvalue weighted by Gasteiger charge is -2.12. The van der Waals surface area contributed by atoms with Crippen LogP contribution in [0.1, 0.15) is 15.9 Å². The zero-order valence-electron chi connectivity index (χ0n) is 7.52. The standard InChI is InChI=1S/C8H4ClF3INO2/c9-1-4-5(3-15)7(14-2-6(4)13)16-8(10,11)12/h2-3H,1H2. The first-order valence-electron chi connectivity index (χ1n) is 3.83. The SMILES string of the molecule is O=Cc1c(OC(F)(F)F)ncc(I)c1CCl. The summed E-state index contributed by atoms with van der Waals surface area (Å²) in [5.74, 6) is -0.873. The fourth-order valence-electron chi connectivity index (χ4n) is 0.969. The number of ether oxygens (including phenoxy) is 1. The second-order valence-corrected chi connectivity index (χ2v) is 4.03. The van der Waals surface area contributed by atoms with Crippen LogP contribution in [0, 0.1) is 3.57 Å². The zero-order chi connectivity index (χ0) is 12.3. The maximum Gasteiger partial charge on any atom is 0.574 e. The number of carbonyl (C=O) groups excluding carboxylic acids is 1. The van der Waals surface area contributed by atoms with E-state index in [0.717, 1.165) is 6.20 Å². The maximum absolute atomic E-state index is 12.0. The molecule has 1 aromatic heterocycles. The van der Waals surface area contributed by atoms with Gasteiger partial charge in [0.1, 0.15) is 0 Å². The molecular formula is C8H4ClF3INO2. The van der Waals surface area contributed by atoms with Crippen molar-refractivity contribution < 1.29 is 22.7 Å². The molecule has 8 heteroatoms. The van der Waals surface area contributed by atoms with Gasteiger partial charge in [-0.05, 0) is 28.2 Å². The number of hydrogen-bond acceptors (Lipinski definition) is 3. The number of halogens is 5. The van der Waals surface area contributed by atoms with Gasteiger partial charge in [0.2, 0.25) is 5.88 Å². The smallest absolute Gasteiger partial charge is 0.387 e. The Bertz CT molecular complexity index is 411. The number of nitrogens with zero attached hydrogens (tertiary/aromatic N) is 1. The average molecular weight is 365 g/mol. The molecular weight excluding hydrogens is 361 g/mol. The van der Waals surface area contributed by atoms with Crippen molar-refractivity contribution in [3.05, 3.63) is 20.9 Å². The van der Waals surface area contributed by atoms with Crippen LogP contribution in [-0.4, -0.2) is 17.6 Å². The first-order chi connectivity index (χ1) is 7.39. The summed E-state index contributed by atoms with van der Waals surface area (Å²) in [7, 11) is 0. The molecule has 0 aromatic carbocycles. The predicted molar refractivity (Wildman–Crippen MR) is 58.6 cm³/mol. The van der Waals surface area contributed by atoms with E-state index in [-0.39, 0.29) is 23.3 Å². The first kappa shape index (κ1) is 13.5. The van der Waals surface area contributed by atoms with Crippen LogP contribution < -0.4 is 4.74 Å². The summed E-state index contributed by atoms with van der Waals surface area (Å²) in [5, 5.41) is 0. The summed E-state index contributed by atoms with van der Waals surface area (Å²) in [6, 6.07) is 0. The molecule has 0 unspecified atom stereocenters. The molecule has 0 aliphatic rings. The van der Waals surface area contributed by atoms with E-state index in [9.17, 15) is 18.0 Å². The number of aldehydes is 1. The van der Waals surface area contributed by atoms with Crippen LogP contribution in [0.25, 0.3) is 0 Å². The molecule has 16 heavy (non-hydrogen) atoms. The zero-order valence-corrected chi connectivity index (χ0v) is 10.4. The van der Waals surface area contributed by atoms with Crippen molar-refractivity contribution in [1.29, 1.82) is 0 Å². The average Bonchev–Trinajstić information content (AvgIpc) is 2.18. The molecule has 0 amide bonds. The summed E-state index contributed by atoms with van der Waals surface area (Å²) >= 11 is 7.35. The Morgan fingerprint density at radius 1 is 1.56 bits per heavy atom. The van der Waals surface area contributed by atoms with Gasteiger partial charge < -0.3 is 4.74 Å². The minimum Gasteiger partial charge on any atom is -0.387 e. The van der Waals surface area contributed by atoms with Crippen LogP contribution in [0.4, 0.5) is 13.2 Å². The highest BCUT2D eigenvalue weighted by atomic mass is 127. The van der Waals surface area contributed by atoms with Crippen molar-refractivity contribution in [2.24, 2.45) is 0 Å². The molecule has 3 nitrogen and oxygen atoms in total. The minimum absolute atomic E-state index is 0.0942. The predicted octanol–water partition coefficient (Wildman–Crippen LogP) is 3.14. The van der Waals surface area contributed by atoms with E-state index in [1.54, 1.807) is 0 Å². The molecule has 0 atom stereocenters. The lowest BCUT2D eigenvalue weighted by Crippen LogP contribution is -2.19. The van der Waals surface area contributed by atoms with Crippen molar-refractivity contribution in [2.75, 3.05) is 0 Å². The van der Waals surface area contributed by atoms with Crippen LogP contribution in [-0.2, 0) is 5.88 Å². The molecule has 0 aliphatic heterocycles. The van der Waals surface area contributed by atoms with Crippen LogP contribution in [0.15, 0.2) is 6.20 Å². The van der Waals surface area contributed by atoms with Gasteiger partial charge in [0.05, 0.1) is 5.56 Å². The molecule has 0 bridgehead atoms. The molecule has 0 radical (unpaired) electrons. The number of carbonyl (C=O) groups is 1. The Morgan fingerprint density at radius 3 is 2.62 bits per heavy atom. The number of rotatable bonds is 3. The topological polar surface area (TPSA) is 39.2 Å². The van der Waals surface area contributed by atoms with Crippen molar-refractivity contribution in [3.63, 3.8) is 0 Å². The molecule has 88 valence electrons. The molecule has 0 aliphatic carbocycles. The second kappa shape index (κ2) is 5.17. The molecule has 0 N–H and O–H groups in total. The Labute approximate surface area is 107 Å². The number of alkyl halides is 4. The van der Waals surface area contributed by atoms with E-state index in [4.69, 9.17) is 11.6 Å². The lowest BCUT2D eigenvalue weighted by molar-refractivity contribution is -0.276. The highest BCUT2D eigenvalue weighted by Crippen LogP contribution is 2.28. The van der Waals surface area contributed by atoms with Gasteiger partial charge in [-0.3, -0.25) is 4.79 Å². The van der Waals surface area contributed by atoms with Crippen LogP contribution in [0.3, 0.4) is 0 Å². The van der Waals surface area contributed by atoms with Gasteiger partial charge in [-0.25, -0.2) is 4.98 Å². The highest BCUT2D eigenvalue weighted by Gasteiger charge is 2.33. The molecule has 1 rings (SSSR count). The third-order valence-electron chi connectivity index (χ3n) is 1.60. The summed E-state index contributed by atoms with van der Waals surface area (Å²) in [6.07, 6.45) is -3.48. The van der Waals surface area contributed by atoms with Crippen molar-refractivity contribution in [1.82, 2.24) is 4.98 Å². The van der Waals surface area contributed by atoms with Crippen LogP contribution in [0.5, 0.6) is 5.88 Å². The van der Waals surface area contributed by atoms with Gasteiger partial charge in [-0.15, -0.1) is 24.8 Å². The van der Waals surface area contributed by atoms with E-state index >= 15 is 0 Å². The number of pyridine rings is 1. The van der Waals surface area contributed by atoms with Gasteiger partial charge in [-0.1, -0.05) is 0 Å². The quantitative estimate of drug-likeness (QED) is 0.469. The third-order valence-corrected chi connectivity index (χ3v) is 2.80. The van der Waals surface area contributed by atoms with Gasteiger partial charge >= 0.3 is 6.36 Å². The Balaban J connectivity index is 3.25.